The Hall–Kier alpha value is -2.10. The van der Waals surface area contributed by atoms with E-state index in [1.165, 1.54) is 18.5 Å². The van der Waals surface area contributed by atoms with Crippen LogP contribution in [0.4, 0.5) is 5.82 Å². The predicted molar refractivity (Wildman–Crippen MR) is 74.4 cm³/mol. The molecule has 1 amide bonds. The Morgan fingerprint density at radius 2 is 1.95 bits per heavy atom. The summed E-state index contributed by atoms with van der Waals surface area (Å²) < 4.78 is 0. The summed E-state index contributed by atoms with van der Waals surface area (Å²) in [5.41, 5.74) is 4.02. The second kappa shape index (κ2) is 4.53. The second-order valence-electron chi connectivity index (χ2n) is 5.21. The number of nitrogens with zero attached hydrogens (tertiary/aromatic N) is 1. The van der Waals surface area contributed by atoms with Crippen molar-refractivity contribution in [3.63, 3.8) is 0 Å². The monoisotopic (exact) mass is 255 g/mol. The quantitative estimate of drug-likeness (QED) is 0.885. The maximum absolute atomic E-state index is 12.1. The summed E-state index contributed by atoms with van der Waals surface area (Å²) in [5.74, 6) is 1.14. The van der Waals surface area contributed by atoms with Gasteiger partial charge in [-0.05, 0) is 38.8 Å². The second-order valence-corrected chi connectivity index (χ2v) is 5.21. The largest absolute Gasteiger partial charge is 0.305 e. The molecule has 0 atom stereocenters. The molecule has 0 bridgehead atoms. The minimum Gasteiger partial charge on any atom is -0.305 e. The molecule has 1 aromatic heterocycles. The number of hydrogen-bond donors (Lipinski definition) is 2. The number of anilines is 1. The fraction of sp³-hybridized carbons (Fsp3) is 0.333. The Bertz CT molecular complexity index is 609. The number of amides is 1. The highest BCUT2D eigenvalue weighted by molar-refractivity contribution is 6.04. The third kappa shape index (κ3) is 2.38. The van der Waals surface area contributed by atoms with E-state index in [0.717, 1.165) is 11.1 Å². The molecule has 1 heterocycles. The lowest BCUT2D eigenvalue weighted by atomic mass is 10.1. The lowest BCUT2D eigenvalue weighted by Crippen LogP contribution is -2.12. The first-order valence-corrected chi connectivity index (χ1v) is 6.58. The van der Waals surface area contributed by atoms with Crippen LogP contribution < -0.4 is 5.32 Å². The van der Waals surface area contributed by atoms with Gasteiger partial charge in [-0.25, -0.2) is 0 Å². The molecule has 19 heavy (non-hydrogen) atoms. The molecular formula is C15H17N3O. The Balaban J connectivity index is 1.77. The molecule has 0 radical (unpaired) electrons. The van der Waals surface area contributed by atoms with Gasteiger partial charge in [-0.1, -0.05) is 17.7 Å². The maximum atomic E-state index is 12.1. The van der Waals surface area contributed by atoms with E-state index >= 15 is 0 Å². The van der Waals surface area contributed by atoms with E-state index in [9.17, 15) is 4.79 Å². The van der Waals surface area contributed by atoms with Crippen LogP contribution in [0.3, 0.4) is 0 Å². The van der Waals surface area contributed by atoms with Crippen LogP contribution in [0.2, 0.25) is 0 Å². The van der Waals surface area contributed by atoms with Crippen LogP contribution in [0, 0.1) is 13.8 Å². The third-order valence-corrected chi connectivity index (χ3v) is 3.58. The van der Waals surface area contributed by atoms with Gasteiger partial charge in [0.25, 0.3) is 5.91 Å². The van der Waals surface area contributed by atoms with Crippen molar-refractivity contribution in [1.82, 2.24) is 10.2 Å². The third-order valence-electron chi connectivity index (χ3n) is 3.58. The molecule has 98 valence electrons. The zero-order chi connectivity index (χ0) is 13.4. The lowest BCUT2D eigenvalue weighted by Gasteiger charge is -2.04. The zero-order valence-electron chi connectivity index (χ0n) is 11.2. The summed E-state index contributed by atoms with van der Waals surface area (Å²) in [4.78, 5) is 12.1. The number of hydrogen-bond acceptors (Lipinski definition) is 2. The summed E-state index contributed by atoms with van der Waals surface area (Å²) in [5, 5.41) is 10.1. The molecule has 0 aliphatic heterocycles. The van der Waals surface area contributed by atoms with Gasteiger partial charge in [-0.2, -0.15) is 5.10 Å². The van der Waals surface area contributed by atoms with Gasteiger partial charge in [-0.15, -0.1) is 0 Å². The van der Waals surface area contributed by atoms with Crippen molar-refractivity contribution in [2.75, 3.05) is 5.32 Å². The van der Waals surface area contributed by atoms with E-state index in [4.69, 9.17) is 0 Å². The van der Waals surface area contributed by atoms with Crippen molar-refractivity contribution in [2.45, 2.75) is 32.6 Å². The molecule has 3 rings (SSSR count). The molecular weight excluding hydrogens is 238 g/mol. The number of H-pyrrole nitrogens is 1. The van der Waals surface area contributed by atoms with E-state index in [1.54, 1.807) is 0 Å². The van der Waals surface area contributed by atoms with Gasteiger partial charge in [0.15, 0.2) is 5.82 Å². The number of aryl methyl sites for hydroxylation is 1. The predicted octanol–water partition coefficient (Wildman–Crippen LogP) is 3.16. The molecule has 2 aromatic rings. The minimum atomic E-state index is -0.114. The van der Waals surface area contributed by atoms with Gasteiger partial charge in [0.2, 0.25) is 0 Å². The highest BCUT2D eigenvalue weighted by Gasteiger charge is 2.28. The molecule has 0 spiro atoms. The number of carbonyl (C=O) groups excluding carboxylic acids is 1. The summed E-state index contributed by atoms with van der Waals surface area (Å²) in [7, 11) is 0. The van der Waals surface area contributed by atoms with E-state index in [1.807, 2.05) is 38.1 Å². The minimum absolute atomic E-state index is 0.114. The molecule has 1 aliphatic carbocycles. The van der Waals surface area contributed by atoms with Gasteiger partial charge in [-0.3, -0.25) is 9.89 Å². The van der Waals surface area contributed by atoms with E-state index in [2.05, 4.69) is 15.5 Å². The molecule has 1 saturated carbocycles. The summed E-state index contributed by atoms with van der Waals surface area (Å²) in [6.45, 7) is 4.00. The first-order chi connectivity index (χ1) is 9.15. The summed E-state index contributed by atoms with van der Waals surface area (Å²) in [6.07, 6.45) is 2.43. The molecule has 4 nitrogen and oxygen atoms in total. The number of carbonyl (C=O) groups is 1. The molecule has 0 unspecified atom stereocenters. The first kappa shape index (κ1) is 12.0. The van der Waals surface area contributed by atoms with E-state index in [-0.39, 0.29) is 5.91 Å². The highest BCUT2D eigenvalue weighted by Crippen LogP contribution is 2.41. The van der Waals surface area contributed by atoms with E-state index in [0.29, 0.717) is 17.3 Å². The molecule has 0 saturated heterocycles. The molecule has 1 aliphatic rings. The molecule has 2 N–H and O–H groups in total. The van der Waals surface area contributed by atoms with Crippen LogP contribution in [0.1, 0.15) is 45.9 Å². The first-order valence-electron chi connectivity index (χ1n) is 6.58. The number of aromatic nitrogens is 2. The standard InChI is InChI=1S/C15H17N3O/c1-9-3-5-12(6-4-9)15(19)16-14-10(2)13(17-18-14)11-7-8-11/h3-6,11H,7-8H2,1-2H3,(H2,16,17,18,19). The number of benzene rings is 1. The van der Waals surface area contributed by atoms with Gasteiger partial charge >= 0.3 is 0 Å². The van der Waals surface area contributed by atoms with Crippen LogP contribution >= 0.6 is 0 Å². The molecule has 1 fully saturated rings. The van der Waals surface area contributed by atoms with Crippen molar-refractivity contribution in [3.8, 4) is 0 Å². The van der Waals surface area contributed by atoms with Crippen LogP contribution in [0.15, 0.2) is 24.3 Å². The summed E-state index contributed by atoms with van der Waals surface area (Å²) in [6, 6.07) is 7.52. The van der Waals surface area contributed by atoms with Crippen LogP contribution in [-0.4, -0.2) is 16.1 Å². The normalized spacial score (nSPS) is 14.4. The topological polar surface area (TPSA) is 57.8 Å². The molecule has 1 aromatic carbocycles. The van der Waals surface area contributed by atoms with Crippen LogP contribution in [-0.2, 0) is 0 Å². The van der Waals surface area contributed by atoms with Gasteiger partial charge in [0, 0.05) is 22.7 Å². The smallest absolute Gasteiger partial charge is 0.256 e. The Labute approximate surface area is 112 Å². The van der Waals surface area contributed by atoms with Gasteiger partial charge in [0.1, 0.15) is 0 Å². The number of aromatic amines is 1. The SMILES string of the molecule is Cc1ccc(C(=O)Nc2n[nH]c(C3CC3)c2C)cc1. The Morgan fingerprint density at radius 3 is 2.58 bits per heavy atom. The maximum Gasteiger partial charge on any atom is 0.256 e. The van der Waals surface area contributed by atoms with Crippen molar-refractivity contribution in [1.29, 1.82) is 0 Å². The van der Waals surface area contributed by atoms with Gasteiger partial charge < -0.3 is 5.32 Å². The van der Waals surface area contributed by atoms with Crippen molar-refractivity contribution >= 4 is 11.7 Å². The lowest BCUT2D eigenvalue weighted by molar-refractivity contribution is 0.102. The molecule has 4 heteroatoms. The zero-order valence-corrected chi connectivity index (χ0v) is 11.2. The Morgan fingerprint density at radius 1 is 1.26 bits per heavy atom. The van der Waals surface area contributed by atoms with Crippen molar-refractivity contribution in [3.05, 3.63) is 46.6 Å². The number of nitrogens with one attached hydrogen (secondary N) is 2. The summed E-state index contributed by atoms with van der Waals surface area (Å²) >= 11 is 0. The highest BCUT2D eigenvalue weighted by atomic mass is 16.1. The average molecular weight is 255 g/mol. The fourth-order valence-electron chi connectivity index (χ4n) is 2.19. The average Bonchev–Trinajstić information content (AvgIpc) is 3.17. The Kier molecular flexibility index (Phi) is 2.85. The van der Waals surface area contributed by atoms with Crippen molar-refractivity contribution in [2.24, 2.45) is 0 Å². The van der Waals surface area contributed by atoms with E-state index < -0.39 is 0 Å². The van der Waals surface area contributed by atoms with Gasteiger partial charge in [0.05, 0.1) is 0 Å². The van der Waals surface area contributed by atoms with Crippen LogP contribution in [0.5, 0.6) is 0 Å². The van der Waals surface area contributed by atoms with Crippen molar-refractivity contribution < 1.29 is 4.79 Å². The fourth-order valence-corrected chi connectivity index (χ4v) is 2.19. The number of rotatable bonds is 3. The van der Waals surface area contributed by atoms with Crippen LogP contribution in [0.25, 0.3) is 0 Å².